The second-order valence-corrected chi connectivity index (χ2v) is 5.37. The number of aromatic nitrogens is 3. The molecule has 0 aliphatic rings. The largest absolute Gasteiger partial charge is 0.497 e. The molecule has 0 spiro atoms. The van der Waals surface area contributed by atoms with E-state index < -0.39 is 0 Å². The Balaban J connectivity index is 2.00. The number of fused-ring (bicyclic) bond motifs is 1. The molecule has 0 saturated heterocycles. The highest BCUT2D eigenvalue weighted by Gasteiger charge is 2.14. The molecule has 0 bridgehead atoms. The third-order valence-electron chi connectivity index (χ3n) is 3.76. The lowest BCUT2D eigenvalue weighted by Gasteiger charge is -2.09. The van der Waals surface area contributed by atoms with Crippen LogP contribution in [-0.2, 0) is 6.42 Å². The third-order valence-corrected chi connectivity index (χ3v) is 3.76. The Morgan fingerprint density at radius 3 is 2.74 bits per heavy atom. The minimum Gasteiger partial charge on any atom is -0.497 e. The topological polar surface area (TPSA) is 77.5 Å². The molecule has 3 rings (SSSR count). The van der Waals surface area contributed by atoms with E-state index in [1.165, 1.54) is 0 Å². The highest BCUT2D eigenvalue weighted by molar-refractivity contribution is 5.69. The molecule has 2 aromatic heterocycles. The van der Waals surface area contributed by atoms with Crippen LogP contribution in [0.4, 0.5) is 17.3 Å². The maximum Gasteiger partial charge on any atom is 0.181 e. The van der Waals surface area contributed by atoms with Crippen molar-refractivity contribution in [2.24, 2.45) is 0 Å². The van der Waals surface area contributed by atoms with E-state index in [1.807, 2.05) is 34.9 Å². The summed E-state index contributed by atoms with van der Waals surface area (Å²) in [5.41, 5.74) is 8.62. The predicted octanol–water partition coefficient (Wildman–Crippen LogP) is 3.41. The van der Waals surface area contributed by atoms with Gasteiger partial charge in [-0.05, 0) is 37.1 Å². The predicted molar refractivity (Wildman–Crippen MR) is 92.3 cm³/mol. The number of nitrogens with zero attached hydrogens (tertiary/aromatic N) is 3. The van der Waals surface area contributed by atoms with Gasteiger partial charge in [-0.1, -0.05) is 13.3 Å². The van der Waals surface area contributed by atoms with Gasteiger partial charge < -0.3 is 15.8 Å². The second-order valence-electron chi connectivity index (χ2n) is 5.37. The number of aryl methyl sites for hydroxylation is 1. The van der Waals surface area contributed by atoms with E-state index >= 15 is 0 Å². The molecule has 3 aromatic rings. The van der Waals surface area contributed by atoms with Crippen LogP contribution < -0.4 is 15.8 Å². The lowest BCUT2D eigenvalue weighted by atomic mass is 10.2. The average molecular weight is 311 g/mol. The summed E-state index contributed by atoms with van der Waals surface area (Å²) in [6.45, 7) is 2.17. The van der Waals surface area contributed by atoms with Gasteiger partial charge in [-0.15, -0.1) is 0 Å². The molecule has 6 heteroatoms. The van der Waals surface area contributed by atoms with E-state index in [0.29, 0.717) is 11.5 Å². The molecule has 0 aliphatic carbocycles. The van der Waals surface area contributed by atoms with Gasteiger partial charge in [0, 0.05) is 18.1 Å². The van der Waals surface area contributed by atoms with Crippen LogP contribution in [-0.4, -0.2) is 21.5 Å². The van der Waals surface area contributed by atoms with Gasteiger partial charge in [-0.3, -0.25) is 4.40 Å². The van der Waals surface area contributed by atoms with E-state index in [9.17, 15) is 0 Å². The molecule has 0 unspecified atom stereocenters. The Kier molecular flexibility index (Phi) is 4.32. The quantitative estimate of drug-likeness (QED) is 0.729. The first-order valence-corrected chi connectivity index (χ1v) is 7.75. The van der Waals surface area contributed by atoms with Crippen LogP contribution in [0.3, 0.4) is 0 Å². The average Bonchev–Trinajstić information content (AvgIpc) is 2.93. The van der Waals surface area contributed by atoms with Crippen molar-refractivity contribution in [3.8, 4) is 5.75 Å². The number of hydrogen-bond donors (Lipinski definition) is 2. The summed E-state index contributed by atoms with van der Waals surface area (Å²) in [5, 5.41) is 3.44. The first-order chi connectivity index (χ1) is 11.2. The molecule has 6 nitrogen and oxygen atoms in total. The standard InChI is InChI=1S/C17H21N5O/c1-3-4-5-14-16(20-12-6-8-13(23-2)9-7-12)22-11-10-19-15(18)17(22)21-14/h6-11,20H,3-5H2,1-2H3,(H2,18,19). The summed E-state index contributed by atoms with van der Waals surface area (Å²) in [7, 11) is 1.66. The van der Waals surface area contributed by atoms with E-state index in [4.69, 9.17) is 10.5 Å². The van der Waals surface area contributed by atoms with E-state index in [-0.39, 0.29) is 0 Å². The van der Waals surface area contributed by atoms with Crippen LogP contribution in [0.2, 0.25) is 0 Å². The molecule has 3 N–H and O–H groups in total. The number of imidazole rings is 1. The number of hydrogen-bond acceptors (Lipinski definition) is 5. The lowest BCUT2D eigenvalue weighted by Crippen LogP contribution is -2.00. The fourth-order valence-corrected chi connectivity index (χ4v) is 2.51. The molecule has 0 fully saturated rings. The number of rotatable bonds is 6. The number of benzene rings is 1. The van der Waals surface area contributed by atoms with E-state index in [2.05, 4.69) is 22.2 Å². The number of methoxy groups -OCH3 is 1. The van der Waals surface area contributed by atoms with Crippen molar-refractivity contribution in [1.29, 1.82) is 0 Å². The summed E-state index contributed by atoms with van der Waals surface area (Å²) >= 11 is 0. The number of nitrogens with two attached hydrogens (primary N) is 1. The molecule has 0 aliphatic heterocycles. The van der Waals surface area contributed by atoms with E-state index in [0.717, 1.165) is 42.2 Å². The monoisotopic (exact) mass is 311 g/mol. The zero-order valence-electron chi connectivity index (χ0n) is 13.4. The van der Waals surface area contributed by atoms with Crippen LogP contribution in [0.5, 0.6) is 5.75 Å². The fraction of sp³-hybridized carbons (Fsp3) is 0.294. The van der Waals surface area contributed by atoms with Crippen molar-refractivity contribution >= 4 is 23.0 Å². The third kappa shape index (κ3) is 3.06. The van der Waals surface area contributed by atoms with Gasteiger partial charge in [0.15, 0.2) is 11.5 Å². The van der Waals surface area contributed by atoms with Gasteiger partial charge in [0.2, 0.25) is 0 Å². The zero-order chi connectivity index (χ0) is 16.2. The zero-order valence-corrected chi connectivity index (χ0v) is 13.4. The molecule has 23 heavy (non-hydrogen) atoms. The molecule has 120 valence electrons. The number of ether oxygens (including phenoxy) is 1. The van der Waals surface area contributed by atoms with E-state index in [1.54, 1.807) is 13.3 Å². The van der Waals surface area contributed by atoms with Gasteiger partial charge in [-0.2, -0.15) is 0 Å². The van der Waals surface area contributed by atoms with Crippen molar-refractivity contribution in [1.82, 2.24) is 14.4 Å². The van der Waals surface area contributed by atoms with Gasteiger partial charge >= 0.3 is 0 Å². The highest BCUT2D eigenvalue weighted by Crippen LogP contribution is 2.26. The first kappa shape index (κ1) is 15.1. The van der Waals surface area contributed by atoms with Crippen molar-refractivity contribution in [2.75, 3.05) is 18.2 Å². The van der Waals surface area contributed by atoms with Crippen LogP contribution in [0.15, 0.2) is 36.7 Å². The Bertz CT molecular complexity index is 795. The Hall–Kier alpha value is -2.76. The molecule has 0 radical (unpaired) electrons. The Morgan fingerprint density at radius 1 is 1.26 bits per heavy atom. The fourth-order valence-electron chi connectivity index (χ4n) is 2.51. The molecule has 1 aromatic carbocycles. The van der Waals surface area contributed by atoms with Gasteiger partial charge in [0.05, 0.1) is 12.8 Å². The minimum absolute atomic E-state index is 0.438. The maximum atomic E-state index is 5.96. The molecule has 0 saturated carbocycles. The second kappa shape index (κ2) is 6.56. The van der Waals surface area contributed by atoms with Crippen LogP contribution >= 0.6 is 0 Å². The van der Waals surface area contributed by atoms with Crippen molar-refractivity contribution in [3.05, 3.63) is 42.4 Å². The molecular formula is C17H21N5O. The Morgan fingerprint density at radius 2 is 2.04 bits per heavy atom. The van der Waals surface area contributed by atoms with Crippen molar-refractivity contribution < 1.29 is 4.74 Å². The van der Waals surface area contributed by atoms with Gasteiger partial charge in [0.1, 0.15) is 11.6 Å². The lowest BCUT2D eigenvalue weighted by molar-refractivity contribution is 0.415. The smallest absolute Gasteiger partial charge is 0.181 e. The van der Waals surface area contributed by atoms with Crippen LogP contribution in [0, 0.1) is 0 Å². The highest BCUT2D eigenvalue weighted by atomic mass is 16.5. The van der Waals surface area contributed by atoms with Gasteiger partial charge in [-0.25, -0.2) is 9.97 Å². The minimum atomic E-state index is 0.438. The summed E-state index contributed by atoms with van der Waals surface area (Å²) in [5.74, 6) is 2.20. The van der Waals surface area contributed by atoms with Crippen molar-refractivity contribution in [3.63, 3.8) is 0 Å². The normalized spacial score (nSPS) is 10.9. The molecule has 2 heterocycles. The Labute approximate surface area is 135 Å². The summed E-state index contributed by atoms with van der Waals surface area (Å²) in [6.07, 6.45) is 6.65. The molecule has 0 atom stereocenters. The number of nitrogen functional groups attached to an aromatic ring is 1. The maximum absolute atomic E-state index is 5.96. The van der Waals surface area contributed by atoms with Crippen LogP contribution in [0.1, 0.15) is 25.5 Å². The van der Waals surface area contributed by atoms with Gasteiger partial charge in [0.25, 0.3) is 0 Å². The summed E-state index contributed by atoms with van der Waals surface area (Å²) in [6, 6.07) is 7.80. The molecular weight excluding hydrogens is 290 g/mol. The summed E-state index contributed by atoms with van der Waals surface area (Å²) < 4.78 is 7.15. The van der Waals surface area contributed by atoms with Crippen molar-refractivity contribution in [2.45, 2.75) is 26.2 Å². The number of nitrogens with one attached hydrogen (secondary N) is 1. The number of unbranched alkanes of at least 4 members (excludes halogenated alkanes) is 1. The first-order valence-electron chi connectivity index (χ1n) is 7.75. The molecule has 0 amide bonds. The van der Waals surface area contributed by atoms with Crippen LogP contribution in [0.25, 0.3) is 5.65 Å². The SMILES string of the molecule is CCCCc1nc2c(N)nccn2c1Nc1ccc(OC)cc1. The summed E-state index contributed by atoms with van der Waals surface area (Å²) in [4.78, 5) is 8.79. The number of anilines is 3.